The van der Waals surface area contributed by atoms with E-state index in [1.54, 1.807) is 48.5 Å². The molecule has 0 radical (unpaired) electrons. The highest BCUT2D eigenvalue weighted by molar-refractivity contribution is 7.92. The number of carbonyl (C=O) groups excluding carboxylic acids is 2. The number of urea groups is 1. The molecule has 1 fully saturated rings. The molecule has 206 valence electrons. The Morgan fingerprint density at radius 1 is 1.00 bits per heavy atom. The van der Waals surface area contributed by atoms with E-state index in [2.05, 4.69) is 15.4 Å². The van der Waals surface area contributed by atoms with Crippen LogP contribution < -0.4 is 20.3 Å². The number of nitrogens with one attached hydrogen (secondary N) is 3. The van der Waals surface area contributed by atoms with Gasteiger partial charge in [0.2, 0.25) is 15.9 Å². The first-order chi connectivity index (χ1) is 18.3. The first-order valence-corrected chi connectivity index (χ1v) is 13.6. The fraction of sp³-hybridized carbons (Fsp3) is 0.231. The summed E-state index contributed by atoms with van der Waals surface area (Å²) in [6.45, 7) is -0.0108. The molecule has 9 nitrogen and oxygen atoms in total. The summed E-state index contributed by atoms with van der Waals surface area (Å²) in [6.07, 6.45) is -4.45. The molecule has 0 unspecified atom stereocenters. The third-order valence-electron chi connectivity index (χ3n) is 5.95. The summed E-state index contributed by atoms with van der Waals surface area (Å²) in [7, 11) is -3.51. The highest BCUT2D eigenvalue weighted by Crippen LogP contribution is 2.32. The van der Waals surface area contributed by atoms with Crippen LogP contribution in [0.15, 0.2) is 72.8 Å². The van der Waals surface area contributed by atoms with Gasteiger partial charge in [0.25, 0.3) is 0 Å². The average molecular weight is 563 g/mol. The van der Waals surface area contributed by atoms with E-state index in [-0.39, 0.29) is 18.7 Å². The second-order valence-corrected chi connectivity index (χ2v) is 10.8. The summed E-state index contributed by atoms with van der Waals surface area (Å²) in [6, 6.07) is 15.5. The van der Waals surface area contributed by atoms with Crippen molar-refractivity contribution in [3.63, 3.8) is 0 Å². The van der Waals surface area contributed by atoms with Crippen molar-refractivity contribution in [2.45, 2.75) is 24.7 Å². The van der Waals surface area contributed by atoms with Crippen molar-refractivity contribution in [3.05, 3.63) is 78.4 Å². The number of anilines is 3. The van der Waals surface area contributed by atoms with Crippen LogP contribution in [0.3, 0.4) is 0 Å². The number of nitrogens with zero attached hydrogens (tertiary/aromatic N) is 1. The molecule has 0 bridgehead atoms. The van der Waals surface area contributed by atoms with Gasteiger partial charge in [0.1, 0.15) is 6.04 Å². The lowest BCUT2D eigenvalue weighted by Crippen LogP contribution is -2.57. The fourth-order valence-electron chi connectivity index (χ4n) is 4.20. The van der Waals surface area contributed by atoms with E-state index in [9.17, 15) is 36.3 Å². The number of hydrogen-bond acceptors (Lipinski definition) is 5. The number of alkyl halides is 3. The molecule has 1 saturated heterocycles. The zero-order chi connectivity index (χ0) is 28.4. The number of sulfonamides is 1. The van der Waals surface area contributed by atoms with E-state index >= 15 is 0 Å². The molecule has 39 heavy (non-hydrogen) atoms. The van der Waals surface area contributed by atoms with Gasteiger partial charge in [-0.25, -0.2) is 13.2 Å². The Hall–Kier alpha value is -4.10. The van der Waals surface area contributed by atoms with Gasteiger partial charge in [0, 0.05) is 23.4 Å². The summed E-state index contributed by atoms with van der Waals surface area (Å²) in [4.78, 5) is 26.9. The van der Waals surface area contributed by atoms with E-state index < -0.39 is 45.8 Å². The minimum Gasteiger partial charge on any atom is -0.391 e. The van der Waals surface area contributed by atoms with Gasteiger partial charge in [-0.05, 0) is 48.0 Å². The molecule has 0 aliphatic carbocycles. The van der Waals surface area contributed by atoms with Crippen LogP contribution in [0.25, 0.3) is 11.1 Å². The Balaban J connectivity index is 1.46. The number of hydrogen-bond donors (Lipinski definition) is 4. The predicted molar refractivity (Wildman–Crippen MR) is 141 cm³/mol. The molecule has 0 aromatic heterocycles. The van der Waals surface area contributed by atoms with Crippen LogP contribution in [0.5, 0.6) is 0 Å². The number of piperidine rings is 1. The third kappa shape index (κ3) is 7.06. The lowest BCUT2D eigenvalue weighted by atomic mass is 10.00. The zero-order valence-electron chi connectivity index (χ0n) is 20.6. The Labute approximate surface area is 222 Å². The smallest absolute Gasteiger partial charge is 0.391 e. The second-order valence-electron chi connectivity index (χ2n) is 9.03. The largest absolute Gasteiger partial charge is 0.416 e. The fourth-order valence-corrected chi connectivity index (χ4v) is 4.78. The van der Waals surface area contributed by atoms with E-state index in [4.69, 9.17) is 0 Å². The van der Waals surface area contributed by atoms with Crippen LogP contribution in [0, 0.1) is 0 Å². The van der Waals surface area contributed by atoms with Crippen molar-refractivity contribution in [1.29, 1.82) is 0 Å². The van der Waals surface area contributed by atoms with Crippen molar-refractivity contribution in [2.24, 2.45) is 0 Å². The van der Waals surface area contributed by atoms with Gasteiger partial charge in [-0.1, -0.05) is 30.3 Å². The number of β-amino-alcohol motifs (C(OH)–C–C–N with tert-alkyl or cyclic N) is 1. The van der Waals surface area contributed by atoms with Crippen LogP contribution in [0.2, 0.25) is 0 Å². The number of para-hydroxylation sites is 1. The molecule has 1 aliphatic rings. The Bertz CT molecular complexity index is 1460. The summed E-state index contributed by atoms with van der Waals surface area (Å²) in [5.74, 6) is -0.477. The molecule has 0 spiro atoms. The molecule has 13 heteroatoms. The van der Waals surface area contributed by atoms with E-state index in [1.807, 2.05) is 0 Å². The molecule has 3 aromatic rings. The van der Waals surface area contributed by atoms with Crippen LogP contribution in [-0.2, 0) is 21.0 Å². The standard InChI is InChI=1S/C26H25F3N4O5S/c1-39(37,38)32-22-5-3-2-4-21(22)16-6-12-19(13-7-16)33-15-20(34)14-23(24(33)35)31-25(36)30-18-10-8-17(9-11-18)26(27,28)29/h2-13,20,23,32,34H,14-15H2,1H3,(H2,30,31,36)/t20-,23-/m1/s1. The summed E-state index contributed by atoms with van der Waals surface area (Å²) in [5, 5.41) is 15.2. The maximum absolute atomic E-state index is 13.2. The maximum atomic E-state index is 13.2. The predicted octanol–water partition coefficient (Wildman–Crippen LogP) is 4.03. The molecule has 1 heterocycles. The minimum atomic E-state index is -4.51. The highest BCUT2D eigenvalue weighted by Gasteiger charge is 2.35. The quantitative estimate of drug-likeness (QED) is 0.361. The lowest BCUT2D eigenvalue weighted by molar-refractivity contribution is -0.137. The molecular weight excluding hydrogens is 537 g/mol. The van der Waals surface area contributed by atoms with Gasteiger partial charge in [-0.2, -0.15) is 13.2 Å². The van der Waals surface area contributed by atoms with Crippen molar-refractivity contribution in [1.82, 2.24) is 5.32 Å². The van der Waals surface area contributed by atoms with E-state index in [1.165, 1.54) is 4.90 Å². The van der Waals surface area contributed by atoms with Crippen LogP contribution in [-0.4, -0.2) is 50.4 Å². The molecule has 3 amide bonds. The number of amides is 3. The lowest BCUT2D eigenvalue weighted by Gasteiger charge is -2.35. The van der Waals surface area contributed by atoms with Gasteiger partial charge in [0.15, 0.2) is 0 Å². The average Bonchev–Trinajstić information content (AvgIpc) is 2.85. The Morgan fingerprint density at radius 3 is 2.26 bits per heavy atom. The van der Waals surface area contributed by atoms with Gasteiger partial charge in [0.05, 0.1) is 30.2 Å². The van der Waals surface area contributed by atoms with Crippen molar-refractivity contribution >= 4 is 39.0 Å². The molecule has 4 N–H and O–H groups in total. The van der Waals surface area contributed by atoms with Gasteiger partial charge < -0.3 is 20.6 Å². The topological polar surface area (TPSA) is 128 Å². The van der Waals surface area contributed by atoms with Crippen LogP contribution in [0.4, 0.5) is 35.0 Å². The molecule has 1 aliphatic heterocycles. The van der Waals surface area contributed by atoms with Gasteiger partial charge >= 0.3 is 12.2 Å². The van der Waals surface area contributed by atoms with E-state index in [0.717, 1.165) is 30.5 Å². The monoisotopic (exact) mass is 562 g/mol. The number of benzene rings is 3. The van der Waals surface area contributed by atoms with Crippen molar-refractivity contribution < 1.29 is 36.3 Å². The summed E-state index contributed by atoms with van der Waals surface area (Å²) < 4.78 is 64.1. The van der Waals surface area contributed by atoms with E-state index in [0.29, 0.717) is 22.5 Å². The Morgan fingerprint density at radius 2 is 1.64 bits per heavy atom. The number of halogens is 3. The zero-order valence-corrected chi connectivity index (χ0v) is 21.4. The van der Waals surface area contributed by atoms with Crippen LogP contribution in [0.1, 0.15) is 12.0 Å². The number of aliphatic hydroxyl groups excluding tert-OH is 1. The second kappa shape index (κ2) is 10.9. The number of aliphatic hydroxyl groups is 1. The number of rotatable bonds is 6. The summed E-state index contributed by atoms with van der Waals surface area (Å²) >= 11 is 0. The first-order valence-electron chi connectivity index (χ1n) is 11.7. The van der Waals surface area contributed by atoms with Crippen molar-refractivity contribution in [3.8, 4) is 11.1 Å². The minimum absolute atomic E-state index is 0.0108. The SMILES string of the molecule is CS(=O)(=O)Nc1ccccc1-c1ccc(N2C[C@H](O)C[C@@H](NC(=O)Nc3ccc(C(F)(F)F)cc3)C2=O)cc1. The molecule has 4 rings (SSSR count). The first kappa shape index (κ1) is 27.9. The normalized spacial score (nSPS) is 18.0. The molecule has 3 aromatic carbocycles. The molecule has 2 atom stereocenters. The number of carbonyl (C=O) groups is 2. The third-order valence-corrected chi connectivity index (χ3v) is 6.54. The maximum Gasteiger partial charge on any atom is 0.416 e. The van der Waals surface area contributed by atoms with Crippen molar-refractivity contribution in [2.75, 3.05) is 27.7 Å². The van der Waals surface area contributed by atoms with Gasteiger partial charge in [-0.3, -0.25) is 9.52 Å². The molecule has 0 saturated carbocycles. The summed E-state index contributed by atoms with van der Waals surface area (Å²) in [5.41, 5.74) is 1.38. The molecular formula is C26H25F3N4O5S. The highest BCUT2D eigenvalue weighted by atomic mass is 32.2. The Kier molecular flexibility index (Phi) is 7.84. The van der Waals surface area contributed by atoms with Gasteiger partial charge in [-0.15, -0.1) is 0 Å². The van der Waals surface area contributed by atoms with Crippen LogP contribution >= 0.6 is 0 Å².